The first-order valence-electron chi connectivity index (χ1n) is 5.08. The van der Waals surface area contributed by atoms with Crippen molar-refractivity contribution < 1.29 is 14.7 Å². The maximum absolute atomic E-state index is 11.6. The topological polar surface area (TPSA) is 83.6 Å². The molecular weight excluding hydrogens is 244 g/mol. The summed E-state index contributed by atoms with van der Waals surface area (Å²) in [6.45, 7) is 0.432. The minimum atomic E-state index is -1.09. The molecule has 1 atom stereocenters. The molecule has 1 fully saturated rings. The summed E-state index contributed by atoms with van der Waals surface area (Å²) in [6, 6.07) is 4.24. The van der Waals surface area contributed by atoms with Crippen LogP contribution in [-0.4, -0.2) is 29.6 Å². The minimum absolute atomic E-state index is 0.0198. The highest BCUT2D eigenvalue weighted by atomic mass is 35.5. The molecule has 1 aromatic rings. The molecule has 2 rings (SSSR count). The Morgan fingerprint density at radius 3 is 2.71 bits per heavy atom. The molecule has 0 spiro atoms. The molecule has 1 heterocycles. The predicted molar refractivity (Wildman–Crippen MR) is 63.4 cm³/mol. The lowest BCUT2D eigenvalue weighted by atomic mass is 10.2. The van der Waals surface area contributed by atoms with Gasteiger partial charge in [0.2, 0.25) is 5.91 Å². The van der Waals surface area contributed by atoms with E-state index in [9.17, 15) is 9.59 Å². The van der Waals surface area contributed by atoms with E-state index in [1.807, 2.05) is 0 Å². The van der Waals surface area contributed by atoms with Crippen LogP contribution >= 0.6 is 11.6 Å². The summed E-state index contributed by atoms with van der Waals surface area (Å²) in [6.07, 6.45) is 0.304. The molecule has 0 radical (unpaired) electrons. The molecular formula is C11H11ClN2O3. The summed E-state index contributed by atoms with van der Waals surface area (Å²) in [7, 11) is 0. The number of carbonyl (C=O) groups excluding carboxylic acids is 1. The number of aromatic carboxylic acids is 1. The standard InChI is InChI=1S/C11H11ClN2O3/c12-9-4-7(1-2-8(9)11(16)17)14-5-6(13)3-10(14)15/h1-2,4,6H,3,5,13H2,(H,16,17). The minimum Gasteiger partial charge on any atom is -0.478 e. The van der Waals surface area contributed by atoms with Crippen molar-refractivity contribution in [2.45, 2.75) is 12.5 Å². The highest BCUT2D eigenvalue weighted by molar-refractivity contribution is 6.33. The van der Waals surface area contributed by atoms with Crippen molar-refractivity contribution in [3.63, 3.8) is 0 Å². The van der Waals surface area contributed by atoms with Crippen LogP contribution in [0, 0.1) is 0 Å². The SMILES string of the molecule is NC1CC(=O)N(c2ccc(C(=O)O)c(Cl)c2)C1. The van der Waals surface area contributed by atoms with Gasteiger partial charge in [0.25, 0.3) is 0 Å². The number of carboxylic acid groups (broad SMARTS) is 1. The molecule has 1 amide bonds. The van der Waals surface area contributed by atoms with Crippen LogP contribution in [0.2, 0.25) is 5.02 Å². The summed E-state index contributed by atoms with van der Waals surface area (Å²) in [5.41, 5.74) is 6.28. The summed E-state index contributed by atoms with van der Waals surface area (Å²) in [5, 5.41) is 8.95. The lowest BCUT2D eigenvalue weighted by molar-refractivity contribution is -0.117. The van der Waals surface area contributed by atoms with Gasteiger partial charge >= 0.3 is 5.97 Å². The number of nitrogens with two attached hydrogens (primary N) is 1. The summed E-state index contributed by atoms with van der Waals surface area (Å²) >= 11 is 5.84. The van der Waals surface area contributed by atoms with E-state index in [1.54, 1.807) is 6.07 Å². The van der Waals surface area contributed by atoms with Gasteiger partial charge < -0.3 is 15.7 Å². The van der Waals surface area contributed by atoms with Crippen LogP contribution in [0.25, 0.3) is 0 Å². The van der Waals surface area contributed by atoms with Gasteiger partial charge in [0.05, 0.1) is 10.6 Å². The third-order valence-corrected chi connectivity index (χ3v) is 2.96. The van der Waals surface area contributed by atoms with Crippen molar-refractivity contribution >= 4 is 29.2 Å². The molecule has 1 aromatic carbocycles. The van der Waals surface area contributed by atoms with Crippen molar-refractivity contribution in [2.24, 2.45) is 5.73 Å². The summed E-state index contributed by atoms with van der Waals surface area (Å²) in [4.78, 5) is 23.9. The van der Waals surface area contributed by atoms with Crippen LogP contribution in [0.15, 0.2) is 18.2 Å². The maximum atomic E-state index is 11.6. The van der Waals surface area contributed by atoms with Gasteiger partial charge in [-0.15, -0.1) is 0 Å². The molecule has 1 unspecified atom stereocenters. The van der Waals surface area contributed by atoms with Crippen molar-refractivity contribution in [3.05, 3.63) is 28.8 Å². The van der Waals surface area contributed by atoms with Gasteiger partial charge in [-0.2, -0.15) is 0 Å². The lowest BCUT2D eigenvalue weighted by Crippen LogP contribution is -2.28. The molecule has 0 aromatic heterocycles. The third-order valence-electron chi connectivity index (χ3n) is 2.65. The number of rotatable bonds is 2. The molecule has 0 saturated carbocycles. The van der Waals surface area contributed by atoms with Crippen LogP contribution < -0.4 is 10.6 Å². The molecule has 1 saturated heterocycles. The zero-order valence-electron chi connectivity index (χ0n) is 8.89. The highest BCUT2D eigenvalue weighted by Crippen LogP contribution is 2.26. The predicted octanol–water partition coefficient (Wildman–Crippen LogP) is 1.10. The first kappa shape index (κ1) is 11.9. The van der Waals surface area contributed by atoms with Gasteiger partial charge in [-0.3, -0.25) is 4.79 Å². The molecule has 17 heavy (non-hydrogen) atoms. The number of benzene rings is 1. The number of halogens is 1. The fourth-order valence-corrected chi connectivity index (χ4v) is 2.09. The smallest absolute Gasteiger partial charge is 0.337 e. The zero-order chi connectivity index (χ0) is 12.6. The van der Waals surface area contributed by atoms with Crippen molar-refractivity contribution in [3.8, 4) is 0 Å². The van der Waals surface area contributed by atoms with E-state index in [4.69, 9.17) is 22.4 Å². The number of carboxylic acids is 1. The number of nitrogens with zero attached hydrogens (tertiary/aromatic N) is 1. The first-order chi connectivity index (χ1) is 7.99. The van der Waals surface area contributed by atoms with Gasteiger partial charge in [0.1, 0.15) is 0 Å². The maximum Gasteiger partial charge on any atom is 0.337 e. The fraction of sp³-hybridized carbons (Fsp3) is 0.273. The summed E-state index contributed by atoms with van der Waals surface area (Å²) < 4.78 is 0. The Labute approximate surface area is 103 Å². The second-order valence-electron chi connectivity index (χ2n) is 3.94. The molecule has 1 aliphatic heterocycles. The monoisotopic (exact) mass is 254 g/mol. The number of hydrogen-bond donors (Lipinski definition) is 2. The Hall–Kier alpha value is -1.59. The van der Waals surface area contributed by atoms with Crippen molar-refractivity contribution in [2.75, 3.05) is 11.4 Å². The fourth-order valence-electron chi connectivity index (χ4n) is 1.83. The van der Waals surface area contributed by atoms with Gasteiger partial charge in [-0.1, -0.05) is 11.6 Å². The molecule has 0 aliphatic carbocycles. The van der Waals surface area contributed by atoms with Crippen molar-refractivity contribution in [1.82, 2.24) is 0 Å². The van der Waals surface area contributed by atoms with E-state index in [2.05, 4.69) is 0 Å². The highest BCUT2D eigenvalue weighted by Gasteiger charge is 2.28. The number of hydrogen-bond acceptors (Lipinski definition) is 3. The average Bonchev–Trinajstić information content (AvgIpc) is 2.57. The molecule has 0 bridgehead atoms. The van der Waals surface area contributed by atoms with Crippen LogP contribution in [-0.2, 0) is 4.79 Å². The second-order valence-corrected chi connectivity index (χ2v) is 4.35. The van der Waals surface area contributed by atoms with E-state index in [1.165, 1.54) is 17.0 Å². The number of anilines is 1. The van der Waals surface area contributed by atoms with Gasteiger partial charge in [0, 0.05) is 24.7 Å². The molecule has 90 valence electrons. The first-order valence-corrected chi connectivity index (χ1v) is 5.45. The van der Waals surface area contributed by atoms with E-state index in [-0.39, 0.29) is 22.5 Å². The van der Waals surface area contributed by atoms with E-state index < -0.39 is 5.97 Å². The zero-order valence-corrected chi connectivity index (χ0v) is 9.65. The van der Waals surface area contributed by atoms with Gasteiger partial charge in [-0.25, -0.2) is 4.79 Å². The largest absolute Gasteiger partial charge is 0.478 e. The van der Waals surface area contributed by atoms with Gasteiger partial charge in [0.15, 0.2) is 0 Å². The van der Waals surface area contributed by atoms with E-state index in [0.29, 0.717) is 18.7 Å². The number of amides is 1. The van der Waals surface area contributed by atoms with Crippen LogP contribution in [0.5, 0.6) is 0 Å². The normalized spacial score (nSPS) is 19.8. The van der Waals surface area contributed by atoms with Crippen LogP contribution in [0.3, 0.4) is 0 Å². The molecule has 6 heteroatoms. The third kappa shape index (κ3) is 2.25. The van der Waals surface area contributed by atoms with Crippen molar-refractivity contribution in [1.29, 1.82) is 0 Å². The Balaban J connectivity index is 2.32. The second kappa shape index (κ2) is 4.35. The molecule has 3 N–H and O–H groups in total. The summed E-state index contributed by atoms with van der Waals surface area (Å²) in [5.74, 6) is -1.16. The average molecular weight is 255 g/mol. The van der Waals surface area contributed by atoms with E-state index in [0.717, 1.165) is 0 Å². The van der Waals surface area contributed by atoms with E-state index >= 15 is 0 Å². The Kier molecular flexibility index (Phi) is 3.04. The quantitative estimate of drug-likeness (QED) is 0.828. The van der Waals surface area contributed by atoms with Crippen LogP contribution in [0.1, 0.15) is 16.8 Å². The molecule has 1 aliphatic rings. The Morgan fingerprint density at radius 1 is 1.53 bits per heavy atom. The van der Waals surface area contributed by atoms with Crippen LogP contribution in [0.4, 0.5) is 5.69 Å². The Bertz CT molecular complexity index is 490. The van der Waals surface area contributed by atoms with Gasteiger partial charge in [-0.05, 0) is 18.2 Å². The molecule has 5 nitrogen and oxygen atoms in total. The lowest BCUT2D eigenvalue weighted by Gasteiger charge is -2.16. The Morgan fingerprint density at radius 2 is 2.24 bits per heavy atom. The number of carbonyl (C=O) groups is 2.